The molecule has 0 aliphatic rings. The topological polar surface area (TPSA) is 32.6 Å². The lowest BCUT2D eigenvalue weighted by molar-refractivity contribution is 0.319. The molecule has 0 radical (unpaired) electrons. The number of hydrogen-bond donors (Lipinski definition) is 1. The Morgan fingerprint density at radius 1 is 1.46 bits per heavy atom. The van der Waals surface area contributed by atoms with Gasteiger partial charge in [-0.3, -0.25) is 0 Å². The molecule has 2 nitrogen and oxygen atoms in total. The van der Waals surface area contributed by atoms with Crippen LogP contribution in [0.5, 0.6) is 0 Å². The quantitative estimate of drug-likeness (QED) is 0.348. The van der Waals surface area contributed by atoms with E-state index in [0.29, 0.717) is 5.71 Å². The zero-order chi connectivity index (χ0) is 9.68. The van der Waals surface area contributed by atoms with E-state index in [1.807, 2.05) is 24.3 Å². The van der Waals surface area contributed by atoms with E-state index in [2.05, 4.69) is 12.1 Å². The van der Waals surface area contributed by atoms with Crippen LogP contribution in [-0.2, 0) is 0 Å². The number of oxime groups is 1. The lowest BCUT2D eigenvalue weighted by atomic mass is 10.1. The first-order valence-electron chi connectivity index (χ1n) is 4.20. The molecule has 0 atom stereocenters. The average Bonchev–Trinajstić information content (AvgIpc) is 2.18. The van der Waals surface area contributed by atoms with Crippen molar-refractivity contribution in [3.8, 4) is 0 Å². The monoisotopic (exact) mass is 195 g/mol. The van der Waals surface area contributed by atoms with E-state index < -0.39 is 0 Å². The fourth-order valence-electron chi connectivity index (χ4n) is 1.10. The minimum atomic E-state index is 0.663. The Labute approximate surface area is 82.7 Å². The molecule has 13 heavy (non-hydrogen) atoms. The van der Waals surface area contributed by atoms with Crippen LogP contribution in [0.3, 0.4) is 0 Å². The van der Waals surface area contributed by atoms with Crippen molar-refractivity contribution in [1.29, 1.82) is 0 Å². The lowest BCUT2D eigenvalue weighted by Gasteiger charge is -2.05. The van der Waals surface area contributed by atoms with Crippen LogP contribution < -0.4 is 0 Å². The molecule has 70 valence electrons. The highest BCUT2D eigenvalue weighted by molar-refractivity contribution is 7.99. The van der Waals surface area contributed by atoms with Crippen molar-refractivity contribution in [2.75, 3.05) is 5.75 Å². The van der Waals surface area contributed by atoms with Crippen molar-refractivity contribution in [1.82, 2.24) is 0 Å². The number of hydrogen-bond acceptors (Lipinski definition) is 3. The molecule has 0 bridgehead atoms. The van der Waals surface area contributed by atoms with Gasteiger partial charge < -0.3 is 5.21 Å². The summed E-state index contributed by atoms with van der Waals surface area (Å²) in [5, 5.41) is 11.9. The number of benzene rings is 1. The van der Waals surface area contributed by atoms with Gasteiger partial charge in [0.15, 0.2) is 0 Å². The van der Waals surface area contributed by atoms with E-state index in [1.165, 1.54) is 4.90 Å². The summed E-state index contributed by atoms with van der Waals surface area (Å²) >= 11 is 1.75. The second kappa shape index (κ2) is 4.92. The number of rotatable bonds is 3. The average molecular weight is 195 g/mol. The molecule has 0 saturated heterocycles. The maximum atomic E-state index is 8.66. The van der Waals surface area contributed by atoms with Gasteiger partial charge in [-0.05, 0) is 18.7 Å². The van der Waals surface area contributed by atoms with E-state index >= 15 is 0 Å². The Morgan fingerprint density at radius 2 is 2.15 bits per heavy atom. The highest BCUT2D eigenvalue weighted by atomic mass is 32.2. The minimum Gasteiger partial charge on any atom is -0.411 e. The molecule has 0 aromatic heterocycles. The third kappa shape index (κ3) is 2.49. The molecule has 0 saturated carbocycles. The largest absolute Gasteiger partial charge is 0.411 e. The van der Waals surface area contributed by atoms with Crippen LogP contribution in [0.15, 0.2) is 34.3 Å². The Morgan fingerprint density at radius 3 is 2.77 bits per heavy atom. The molecule has 0 unspecified atom stereocenters. The Balaban J connectivity index is 3.04. The fraction of sp³-hybridized carbons (Fsp3) is 0.300. The minimum absolute atomic E-state index is 0.663. The first-order valence-corrected chi connectivity index (χ1v) is 5.19. The van der Waals surface area contributed by atoms with Crippen LogP contribution in [0.25, 0.3) is 0 Å². The number of nitrogens with zero attached hydrogens (tertiary/aromatic N) is 1. The molecule has 1 aromatic carbocycles. The van der Waals surface area contributed by atoms with Gasteiger partial charge >= 0.3 is 0 Å². The van der Waals surface area contributed by atoms with Crippen molar-refractivity contribution < 1.29 is 5.21 Å². The molecule has 0 fully saturated rings. The summed E-state index contributed by atoms with van der Waals surface area (Å²) < 4.78 is 0. The third-order valence-corrected chi connectivity index (χ3v) is 2.68. The molecule has 0 aliphatic heterocycles. The zero-order valence-corrected chi connectivity index (χ0v) is 8.64. The van der Waals surface area contributed by atoms with E-state index in [9.17, 15) is 0 Å². The normalized spacial score (nSPS) is 11.7. The van der Waals surface area contributed by atoms with Crippen molar-refractivity contribution in [2.45, 2.75) is 18.7 Å². The van der Waals surface area contributed by atoms with E-state index in [0.717, 1.165) is 11.3 Å². The smallest absolute Gasteiger partial charge is 0.0848 e. The zero-order valence-electron chi connectivity index (χ0n) is 7.82. The summed E-state index contributed by atoms with van der Waals surface area (Å²) in [6.45, 7) is 3.90. The second-order valence-electron chi connectivity index (χ2n) is 2.61. The Bertz CT molecular complexity index is 310. The second-order valence-corrected chi connectivity index (χ2v) is 3.92. The molecular formula is C10H13NOS. The van der Waals surface area contributed by atoms with E-state index in [1.54, 1.807) is 18.7 Å². The summed E-state index contributed by atoms with van der Waals surface area (Å²) in [7, 11) is 0. The summed E-state index contributed by atoms with van der Waals surface area (Å²) in [5.41, 5.74) is 1.67. The van der Waals surface area contributed by atoms with Crippen LogP contribution in [0.1, 0.15) is 19.4 Å². The van der Waals surface area contributed by atoms with Gasteiger partial charge in [-0.15, -0.1) is 11.8 Å². The molecule has 3 heteroatoms. The van der Waals surface area contributed by atoms with Gasteiger partial charge in [-0.25, -0.2) is 0 Å². The van der Waals surface area contributed by atoms with Crippen LogP contribution >= 0.6 is 11.8 Å². The predicted molar refractivity (Wildman–Crippen MR) is 56.8 cm³/mol. The van der Waals surface area contributed by atoms with Gasteiger partial charge in [0.1, 0.15) is 0 Å². The van der Waals surface area contributed by atoms with Crippen LogP contribution in [-0.4, -0.2) is 16.7 Å². The van der Waals surface area contributed by atoms with Crippen LogP contribution in [0.2, 0.25) is 0 Å². The van der Waals surface area contributed by atoms with Gasteiger partial charge in [-0.1, -0.05) is 30.3 Å². The van der Waals surface area contributed by atoms with Gasteiger partial charge in [0, 0.05) is 10.5 Å². The molecule has 1 N–H and O–H groups in total. The SMILES string of the molecule is CCSc1ccccc1/C(C)=N/O. The summed E-state index contributed by atoms with van der Waals surface area (Å²) in [6, 6.07) is 7.95. The molecular weight excluding hydrogens is 182 g/mol. The fourth-order valence-corrected chi connectivity index (χ4v) is 1.96. The predicted octanol–water partition coefficient (Wildman–Crippen LogP) is 3.00. The van der Waals surface area contributed by atoms with E-state index in [4.69, 9.17) is 5.21 Å². The summed E-state index contributed by atoms with van der Waals surface area (Å²) in [6.07, 6.45) is 0. The maximum Gasteiger partial charge on any atom is 0.0848 e. The molecule has 0 spiro atoms. The van der Waals surface area contributed by atoms with Crippen molar-refractivity contribution in [2.24, 2.45) is 5.16 Å². The van der Waals surface area contributed by atoms with Crippen LogP contribution in [0.4, 0.5) is 0 Å². The van der Waals surface area contributed by atoms with Gasteiger partial charge in [-0.2, -0.15) is 0 Å². The first-order chi connectivity index (χ1) is 6.29. The molecule has 1 rings (SSSR count). The highest BCUT2D eigenvalue weighted by Crippen LogP contribution is 2.22. The lowest BCUT2D eigenvalue weighted by Crippen LogP contribution is -1.96. The standard InChI is InChI=1S/C10H13NOS/c1-3-13-10-7-5-4-6-9(10)8(2)11-12/h4-7,12H,3H2,1-2H3/b11-8+. The summed E-state index contributed by atoms with van der Waals surface area (Å²) in [5.74, 6) is 1.02. The molecule has 0 aliphatic carbocycles. The van der Waals surface area contributed by atoms with Crippen LogP contribution in [0, 0.1) is 0 Å². The van der Waals surface area contributed by atoms with Crippen molar-refractivity contribution in [3.63, 3.8) is 0 Å². The maximum absolute atomic E-state index is 8.66. The molecule has 0 heterocycles. The molecule has 1 aromatic rings. The van der Waals surface area contributed by atoms with Gasteiger partial charge in [0.2, 0.25) is 0 Å². The highest BCUT2D eigenvalue weighted by Gasteiger charge is 2.03. The summed E-state index contributed by atoms with van der Waals surface area (Å²) in [4.78, 5) is 1.17. The van der Waals surface area contributed by atoms with Gasteiger partial charge in [0.25, 0.3) is 0 Å². The first kappa shape index (κ1) is 10.1. The molecule has 0 amide bonds. The van der Waals surface area contributed by atoms with Gasteiger partial charge in [0.05, 0.1) is 5.71 Å². The Kier molecular flexibility index (Phi) is 3.83. The number of thioether (sulfide) groups is 1. The van der Waals surface area contributed by atoms with E-state index in [-0.39, 0.29) is 0 Å². The van der Waals surface area contributed by atoms with Crippen molar-refractivity contribution >= 4 is 17.5 Å². The van der Waals surface area contributed by atoms with Crippen molar-refractivity contribution in [3.05, 3.63) is 29.8 Å². The Hall–Kier alpha value is -0.960. The third-order valence-electron chi connectivity index (χ3n) is 1.73.